The lowest BCUT2D eigenvalue weighted by molar-refractivity contribution is 0.0660. The van der Waals surface area contributed by atoms with Crippen LogP contribution in [0.4, 0.5) is 0 Å². The monoisotopic (exact) mass is 239 g/mol. The quantitative estimate of drug-likeness (QED) is 0.533. The molecule has 0 bridgehead atoms. The molecular weight excluding hydrogens is 222 g/mol. The summed E-state index contributed by atoms with van der Waals surface area (Å²) >= 11 is 0. The molecule has 1 aromatic rings. The highest BCUT2D eigenvalue weighted by Crippen LogP contribution is 2.06. The van der Waals surface area contributed by atoms with Crippen molar-refractivity contribution < 1.29 is 19.1 Å². The predicted molar refractivity (Wildman–Crippen MR) is 63.0 cm³/mol. The van der Waals surface area contributed by atoms with E-state index in [-0.39, 0.29) is 5.76 Å². The van der Waals surface area contributed by atoms with Gasteiger partial charge in [0.25, 0.3) is 0 Å². The Morgan fingerprint density at radius 3 is 2.94 bits per heavy atom. The second-order valence-corrected chi connectivity index (χ2v) is 3.76. The number of carbonyl (C=O) groups is 1. The summed E-state index contributed by atoms with van der Waals surface area (Å²) in [5.41, 5.74) is 0.988. The van der Waals surface area contributed by atoms with Gasteiger partial charge in [-0.25, -0.2) is 4.79 Å². The topological polar surface area (TPSA) is 71.7 Å². The van der Waals surface area contributed by atoms with Crippen molar-refractivity contribution in [2.45, 2.75) is 13.5 Å². The molecule has 0 spiro atoms. The minimum atomic E-state index is -1.05. The SMILES string of the molecule is C=C(C)COCCNCc1ccc(C(=O)O)o1. The molecule has 1 aromatic heterocycles. The molecule has 1 rings (SSSR count). The Balaban J connectivity index is 2.13. The van der Waals surface area contributed by atoms with Crippen LogP contribution in [0.5, 0.6) is 0 Å². The van der Waals surface area contributed by atoms with Crippen molar-refractivity contribution in [2.75, 3.05) is 19.8 Å². The van der Waals surface area contributed by atoms with E-state index in [2.05, 4.69) is 11.9 Å². The van der Waals surface area contributed by atoms with Gasteiger partial charge < -0.3 is 19.6 Å². The Bertz CT molecular complexity index is 384. The van der Waals surface area contributed by atoms with E-state index in [4.69, 9.17) is 14.3 Å². The largest absolute Gasteiger partial charge is 0.475 e. The second kappa shape index (κ2) is 6.88. The van der Waals surface area contributed by atoms with E-state index in [0.29, 0.717) is 32.1 Å². The van der Waals surface area contributed by atoms with E-state index in [0.717, 1.165) is 5.57 Å². The normalized spacial score (nSPS) is 10.4. The van der Waals surface area contributed by atoms with Gasteiger partial charge in [0.15, 0.2) is 0 Å². The number of rotatable bonds is 8. The maximum absolute atomic E-state index is 10.6. The van der Waals surface area contributed by atoms with Crippen LogP contribution in [-0.2, 0) is 11.3 Å². The minimum Gasteiger partial charge on any atom is -0.475 e. The molecule has 0 unspecified atom stereocenters. The Morgan fingerprint density at radius 1 is 1.59 bits per heavy atom. The maximum Gasteiger partial charge on any atom is 0.371 e. The van der Waals surface area contributed by atoms with Crippen LogP contribution < -0.4 is 5.32 Å². The van der Waals surface area contributed by atoms with Gasteiger partial charge in [0, 0.05) is 6.54 Å². The van der Waals surface area contributed by atoms with Crippen LogP contribution in [0.3, 0.4) is 0 Å². The Kier molecular flexibility index (Phi) is 5.45. The fourth-order valence-corrected chi connectivity index (χ4v) is 1.19. The summed E-state index contributed by atoms with van der Waals surface area (Å²) in [6, 6.07) is 3.09. The Labute approximate surface area is 100 Å². The van der Waals surface area contributed by atoms with E-state index in [1.807, 2.05) is 6.92 Å². The molecule has 0 amide bonds. The maximum atomic E-state index is 10.6. The molecule has 0 saturated carbocycles. The molecule has 2 N–H and O–H groups in total. The molecule has 5 nitrogen and oxygen atoms in total. The van der Waals surface area contributed by atoms with Crippen LogP contribution in [0, 0.1) is 0 Å². The average Bonchev–Trinajstić information content (AvgIpc) is 2.71. The van der Waals surface area contributed by atoms with Crippen LogP contribution in [-0.4, -0.2) is 30.8 Å². The molecule has 0 aliphatic heterocycles. The molecule has 17 heavy (non-hydrogen) atoms. The summed E-state index contributed by atoms with van der Waals surface area (Å²) in [4.78, 5) is 10.6. The molecule has 0 aromatic carbocycles. The van der Waals surface area contributed by atoms with E-state index >= 15 is 0 Å². The molecule has 0 aliphatic carbocycles. The third-order valence-corrected chi connectivity index (χ3v) is 1.94. The lowest BCUT2D eigenvalue weighted by Crippen LogP contribution is -2.19. The molecule has 5 heteroatoms. The van der Waals surface area contributed by atoms with Gasteiger partial charge in [0.1, 0.15) is 5.76 Å². The molecule has 0 atom stereocenters. The number of carboxylic acids is 1. The summed E-state index contributed by atoms with van der Waals surface area (Å²) in [5, 5.41) is 11.7. The van der Waals surface area contributed by atoms with Crippen LogP contribution in [0.15, 0.2) is 28.7 Å². The van der Waals surface area contributed by atoms with Gasteiger partial charge in [-0.05, 0) is 19.1 Å². The summed E-state index contributed by atoms with van der Waals surface area (Å²) < 4.78 is 10.4. The number of hydrogen-bond donors (Lipinski definition) is 2. The van der Waals surface area contributed by atoms with E-state index < -0.39 is 5.97 Å². The van der Waals surface area contributed by atoms with E-state index in [9.17, 15) is 4.79 Å². The summed E-state index contributed by atoms with van der Waals surface area (Å²) in [6.07, 6.45) is 0. The molecule has 1 heterocycles. The van der Waals surface area contributed by atoms with Crippen molar-refractivity contribution in [1.29, 1.82) is 0 Å². The van der Waals surface area contributed by atoms with E-state index in [1.165, 1.54) is 6.07 Å². The number of hydrogen-bond acceptors (Lipinski definition) is 4. The van der Waals surface area contributed by atoms with Crippen molar-refractivity contribution >= 4 is 5.97 Å². The van der Waals surface area contributed by atoms with Gasteiger partial charge in [0.05, 0.1) is 19.8 Å². The third kappa shape index (κ3) is 5.33. The van der Waals surface area contributed by atoms with Crippen LogP contribution in [0.2, 0.25) is 0 Å². The standard InChI is InChI=1S/C12H17NO4/c1-9(2)8-16-6-5-13-7-10-3-4-11(17-10)12(14)15/h3-4,13H,1,5-8H2,2H3,(H,14,15). The van der Waals surface area contributed by atoms with Gasteiger partial charge in [-0.1, -0.05) is 12.2 Å². The van der Waals surface area contributed by atoms with Crippen molar-refractivity contribution in [1.82, 2.24) is 5.32 Å². The molecule has 94 valence electrons. The first kappa shape index (κ1) is 13.5. The fourth-order valence-electron chi connectivity index (χ4n) is 1.19. The highest BCUT2D eigenvalue weighted by atomic mass is 16.5. The first-order valence-corrected chi connectivity index (χ1v) is 5.34. The zero-order valence-electron chi connectivity index (χ0n) is 9.86. The van der Waals surface area contributed by atoms with Crippen molar-refractivity contribution in [3.05, 3.63) is 35.8 Å². The number of ether oxygens (including phenoxy) is 1. The first-order valence-electron chi connectivity index (χ1n) is 5.34. The lowest BCUT2D eigenvalue weighted by atomic mass is 10.4. The Morgan fingerprint density at radius 2 is 2.35 bits per heavy atom. The molecule has 0 fully saturated rings. The highest BCUT2D eigenvalue weighted by Gasteiger charge is 2.07. The van der Waals surface area contributed by atoms with Crippen LogP contribution >= 0.6 is 0 Å². The van der Waals surface area contributed by atoms with Crippen molar-refractivity contribution in [3.63, 3.8) is 0 Å². The predicted octanol–water partition coefficient (Wildman–Crippen LogP) is 1.66. The molecule has 0 saturated heterocycles. The number of carboxylic acid groups (broad SMARTS) is 1. The minimum absolute atomic E-state index is 0.0414. The Hall–Kier alpha value is -1.59. The summed E-state index contributed by atoms with van der Waals surface area (Å²) in [6.45, 7) is 7.94. The average molecular weight is 239 g/mol. The van der Waals surface area contributed by atoms with Crippen LogP contribution in [0.1, 0.15) is 23.2 Å². The second-order valence-electron chi connectivity index (χ2n) is 3.76. The zero-order valence-corrected chi connectivity index (χ0v) is 9.86. The zero-order chi connectivity index (χ0) is 12.7. The fraction of sp³-hybridized carbons (Fsp3) is 0.417. The van der Waals surface area contributed by atoms with E-state index in [1.54, 1.807) is 6.07 Å². The van der Waals surface area contributed by atoms with Gasteiger partial charge in [-0.15, -0.1) is 0 Å². The molecule has 0 radical (unpaired) electrons. The third-order valence-electron chi connectivity index (χ3n) is 1.94. The van der Waals surface area contributed by atoms with Crippen molar-refractivity contribution in [2.24, 2.45) is 0 Å². The van der Waals surface area contributed by atoms with Crippen molar-refractivity contribution in [3.8, 4) is 0 Å². The lowest BCUT2D eigenvalue weighted by Gasteiger charge is -2.04. The number of aromatic carboxylic acids is 1. The van der Waals surface area contributed by atoms with Crippen LogP contribution in [0.25, 0.3) is 0 Å². The van der Waals surface area contributed by atoms with Gasteiger partial charge >= 0.3 is 5.97 Å². The summed E-state index contributed by atoms with van der Waals surface area (Å²) in [5.74, 6) is -0.497. The molecule has 0 aliphatic rings. The van der Waals surface area contributed by atoms with Gasteiger partial charge in [-0.2, -0.15) is 0 Å². The smallest absolute Gasteiger partial charge is 0.371 e. The van der Waals surface area contributed by atoms with Gasteiger partial charge in [-0.3, -0.25) is 0 Å². The highest BCUT2D eigenvalue weighted by molar-refractivity contribution is 5.84. The number of furan rings is 1. The first-order chi connectivity index (χ1) is 8.09. The molecular formula is C12H17NO4. The van der Waals surface area contributed by atoms with Gasteiger partial charge in [0.2, 0.25) is 5.76 Å². The number of nitrogens with one attached hydrogen (secondary N) is 1. The summed E-state index contributed by atoms with van der Waals surface area (Å²) in [7, 11) is 0.